The first kappa shape index (κ1) is 23.7. The van der Waals surface area contributed by atoms with E-state index in [-0.39, 0.29) is 12.0 Å². The van der Waals surface area contributed by atoms with Crippen LogP contribution in [-0.4, -0.2) is 66.3 Å². The predicted octanol–water partition coefficient (Wildman–Crippen LogP) is 5.03. The third-order valence-electron chi connectivity index (χ3n) is 6.02. The Kier molecular flexibility index (Phi) is 7.12. The molecule has 1 fully saturated rings. The molecule has 1 aliphatic rings. The van der Waals surface area contributed by atoms with Gasteiger partial charge in [-0.15, -0.1) is 0 Å². The number of hydrogen-bond donors (Lipinski definition) is 0. The van der Waals surface area contributed by atoms with Crippen molar-refractivity contribution >= 4 is 23.6 Å². The van der Waals surface area contributed by atoms with Crippen LogP contribution in [0.2, 0.25) is 5.02 Å². The summed E-state index contributed by atoms with van der Waals surface area (Å²) in [6, 6.07) is 17.2. The highest BCUT2D eigenvalue weighted by Gasteiger charge is 2.28. The molecule has 2 heterocycles. The molecule has 2 amide bonds. The summed E-state index contributed by atoms with van der Waals surface area (Å²) in [5.74, 6) is 0.675. The number of hydrogen-bond acceptors (Lipinski definition) is 4. The highest BCUT2D eigenvalue weighted by atomic mass is 35.5. The number of carbonyl (C=O) groups excluding carboxylic acids is 2. The summed E-state index contributed by atoms with van der Waals surface area (Å²) in [5.41, 5.74) is 4.18. The van der Waals surface area contributed by atoms with Crippen LogP contribution in [0.1, 0.15) is 23.0 Å². The number of halogens is 1. The van der Waals surface area contributed by atoms with Crippen LogP contribution in [0.5, 0.6) is 5.75 Å². The van der Waals surface area contributed by atoms with Crippen LogP contribution < -0.4 is 4.74 Å². The lowest BCUT2D eigenvalue weighted by molar-refractivity contribution is 0.0570. The molecular weight excluding hydrogens is 454 g/mol. The summed E-state index contributed by atoms with van der Waals surface area (Å²) in [4.78, 5) is 29.0. The minimum atomic E-state index is -0.333. The van der Waals surface area contributed by atoms with E-state index in [0.29, 0.717) is 43.4 Å². The monoisotopic (exact) mass is 481 g/mol. The fraction of sp³-hybridized carbons (Fsp3) is 0.308. The number of aromatic nitrogens is 1. The van der Waals surface area contributed by atoms with Crippen molar-refractivity contribution in [3.8, 4) is 22.7 Å². The quantitative estimate of drug-likeness (QED) is 0.512. The Morgan fingerprint density at radius 3 is 2.29 bits per heavy atom. The van der Waals surface area contributed by atoms with Crippen molar-refractivity contribution in [3.63, 3.8) is 0 Å². The minimum absolute atomic E-state index is 0.0575. The van der Waals surface area contributed by atoms with Gasteiger partial charge in [0, 0.05) is 48.6 Å². The number of methoxy groups -OCH3 is 1. The van der Waals surface area contributed by atoms with Gasteiger partial charge in [-0.2, -0.15) is 0 Å². The van der Waals surface area contributed by atoms with E-state index in [2.05, 4.69) is 4.57 Å². The Balaban J connectivity index is 1.69. The standard InChI is InChI=1S/C26H28ClN3O4/c1-4-34-26(32)29-14-12-28(13-15-29)25(31)23-17-24(19-8-10-20(27)11-9-19)30(18(23)2)21-6-5-7-22(16-21)33-3/h5-11,16-17H,4,12-15H2,1-3H3. The summed E-state index contributed by atoms with van der Waals surface area (Å²) in [7, 11) is 1.63. The molecule has 1 aromatic heterocycles. The van der Waals surface area contributed by atoms with Gasteiger partial charge in [-0.1, -0.05) is 29.8 Å². The first-order chi connectivity index (χ1) is 16.4. The molecular formula is C26H28ClN3O4. The van der Waals surface area contributed by atoms with E-state index in [9.17, 15) is 9.59 Å². The first-order valence-corrected chi connectivity index (χ1v) is 11.6. The van der Waals surface area contributed by atoms with Gasteiger partial charge in [0.2, 0.25) is 0 Å². The SMILES string of the molecule is CCOC(=O)N1CCN(C(=O)c2cc(-c3ccc(Cl)cc3)n(-c3cccc(OC)c3)c2C)CC1. The molecule has 0 atom stereocenters. The Bertz CT molecular complexity index is 1180. The van der Waals surface area contributed by atoms with Crippen molar-refractivity contribution < 1.29 is 19.1 Å². The zero-order valence-electron chi connectivity index (χ0n) is 19.6. The molecule has 0 aliphatic carbocycles. The van der Waals surface area contributed by atoms with Crippen molar-refractivity contribution in [3.05, 3.63) is 70.9 Å². The lowest BCUT2D eigenvalue weighted by atomic mass is 10.1. The van der Waals surface area contributed by atoms with Gasteiger partial charge in [0.1, 0.15) is 5.75 Å². The van der Waals surface area contributed by atoms with Crippen molar-refractivity contribution in [2.24, 2.45) is 0 Å². The van der Waals surface area contributed by atoms with Crippen LogP contribution in [0.3, 0.4) is 0 Å². The van der Waals surface area contributed by atoms with Gasteiger partial charge in [0.15, 0.2) is 0 Å². The van der Waals surface area contributed by atoms with E-state index in [1.165, 1.54) is 0 Å². The van der Waals surface area contributed by atoms with E-state index in [0.717, 1.165) is 28.4 Å². The van der Waals surface area contributed by atoms with Gasteiger partial charge < -0.3 is 23.8 Å². The summed E-state index contributed by atoms with van der Waals surface area (Å²) in [6.45, 7) is 5.87. The predicted molar refractivity (Wildman–Crippen MR) is 132 cm³/mol. The number of benzene rings is 2. The van der Waals surface area contributed by atoms with Gasteiger partial charge in [0.25, 0.3) is 5.91 Å². The van der Waals surface area contributed by atoms with Gasteiger partial charge in [0.05, 0.1) is 25.0 Å². The molecule has 0 radical (unpaired) electrons. The molecule has 178 valence electrons. The van der Waals surface area contributed by atoms with Crippen LogP contribution in [-0.2, 0) is 4.74 Å². The summed E-state index contributed by atoms with van der Waals surface area (Å²) >= 11 is 6.12. The highest BCUT2D eigenvalue weighted by molar-refractivity contribution is 6.30. The average Bonchev–Trinajstić information content (AvgIpc) is 3.21. The van der Waals surface area contributed by atoms with Crippen molar-refractivity contribution in [1.82, 2.24) is 14.4 Å². The average molecular weight is 482 g/mol. The summed E-state index contributed by atoms with van der Waals surface area (Å²) < 4.78 is 12.6. The summed E-state index contributed by atoms with van der Waals surface area (Å²) in [5, 5.41) is 0.649. The molecule has 0 unspecified atom stereocenters. The number of ether oxygens (including phenoxy) is 2. The van der Waals surface area contributed by atoms with Crippen LogP contribution in [0.15, 0.2) is 54.6 Å². The lowest BCUT2D eigenvalue weighted by Gasteiger charge is -2.34. The van der Waals surface area contributed by atoms with E-state index in [4.69, 9.17) is 21.1 Å². The second-order valence-corrected chi connectivity index (χ2v) is 8.49. The Morgan fingerprint density at radius 1 is 0.971 bits per heavy atom. The molecule has 0 bridgehead atoms. The fourth-order valence-corrected chi connectivity index (χ4v) is 4.34. The first-order valence-electron chi connectivity index (χ1n) is 11.3. The molecule has 0 saturated carbocycles. The van der Waals surface area contributed by atoms with Gasteiger partial charge in [-0.05, 0) is 49.7 Å². The number of nitrogens with zero attached hydrogens (tertiary/aromatic N) is 3. The topological polar surface area (TPSA) is 64.0 Å². The fourth-order valence-electron chi connectivity index (χ4n) is 4.22. The Labute approximate surface area is 204 Å². The molecule has 7 nitrogen and oxygen atoms in total. The van der Waals surface area contributed by atoms with Crippen molar-refractivity contribution in [2.45, 2.75) is 13.8 Å². The largest absolute Gasteiger partial charge is 0.497 e. The van der Waals surface area contributed by atoms with Crippen LogP contribution in [0.25, 0.3) is 16.9 Å². The molecule has 8 heteroatoms. The van der Waals surface area contributed by atoms with Gasteiger partial charge >= 0.3 is 6.09 Å². The van der Waals surface area contributed by atoms with E-state index < -0.39 is 0 Å². The van der Waals surface area contributed by atoms with Gasteiger partial charge in [-0.25, -0.2) is 4.79 Å². The van der Waals surface area contributed by atoms with Crippen LogP contribution in [0, 0.1) is 6.92 Å². The maximum absolute atomic E-state index is 13.6. The molecule has 0 spiro atoms. The molecule has 0 N–H and O–H groups in total. The molecule has 2 aromatic carbocycles. The molecule has 1 aliphatic heterocycles. The second-order valence-electron chi connectivity index (χ2n) is 8.05. The number of piperazine rings is 1. The third-order valence-corrected chi connectivity index (χ3v) is 6.27. The zero-order valence-corrected chi connectivity index (χ0v) is 20.3. The van der Waals surface area contributed by atoms with Crippen LogP contribution in [0.4, 0.5) is 4.79 Å². The summed E-state index contributed by atoms with van der Waals surface area (Å²) in [6.07, 6.45) is -0.333. The normalized spacial score (nSPS) is 13.6. The Morgan fingerprint density at radius 2 is 1.65 bits per heavy atom. The number of carbonyl (C=O) groups is 2. The highest BCUT2D eigenvalue weighted by Crippen LogP contribution is 2.32. The second kappa shape index (κ2) is 10.2. The van der Waals surface area contributed by atoms with E-state index in [1.54, 1.807) is 23.8 Å². The van der Waals surface area contributed by atoms with Crippen molar-refractivity contribution in [2.75, 3.05) is 39.9 Å². The molecule has 4 rings (SSSR count). The van der Waals surface area contributed by atoms with E-state index in [1.807, 2.05) is 61.5 Å². The minimum Gasteiger partial charge on any atom is -0.497 e. The zero-order chi connectivity index (χ0) is 24.2. The van der Waals surface area contributed by atoms with Gasteiger partial charge in [-0.3, -0.25) is 4.79 Å². The maximum Gasteiger partial charge on any atom is 0.409 e. The maximum atomic E-state index is 13.6. The smallest absolute Gasteiger partial charge is 0.409 e. The molecule has 3 aromatic rings. The number of rotatable bonds is 5. The number of amides is 2. The van der Waals surface area contributed by atoms with Crippen LogP contribution >= 0.6 is 11.6 Å². The lowest BCUT2D eigenvalue weighted by Crippen LogP contribution is -2.50. The third kappa shape index (κ3) is 4.75. The Hall–Kier alpha value is -3.45. The van der Waals surface area contributed by atoms with E-state index >= 15 is 0 Å². The molecule has 1 saturated heterocycles. The molecule has 34 heavy (non-hydrogen) atoms. The van der Waals surface area contributed by atoms with Crippen molar-refractivity contribution in [1.29, 1.82) is 0 Å².